The van der Waals surface area contributed by atoms with Crippen molar-refractivity contribution in [1.82, 2.24) is 5.32 Å². The zero-order valence-corrected chi connectivity index (χ0v) is 15.3. The van der Waals surface area contributed by atoms with Gasteiger partial charge in [0.2, 0.25) is 0 Å². The Balaban J connectivity index is 1.63. The molecule has 3 nitrogen and oxygen atoms in total. The number of hydrogen-bond acceptors (Lipinski definition) is 2. The summed E-state index contributed by atoms with van der Waals surface area (Å²) < 4.78 is 5.82. The standard InChI is InChI=1S/C22H27NO2/c1-15-8-4-7-11-21(15)25-17(3)22(24)23-16(2)19-13-12-18-9-5-6-10-20(18)14-19/h4,7-8,11-14,16-17H,5-6,9-10H2,1-3H3,(H,23,24). The fourth-order valence-electron chi connectivity index (χ4n) is 3.37. The van der Waals surface area contributed by atoms with Crippen LogP contribution in [0.3, 0.4) is 0 Å². The molecule has 0 heterocycles. The van der Waals surface area contributed by atoms with E-state index in [2.05, 4.69) is 23.5 Å². The van der Waals surface area contributed by atoms with Crippen molar-refractivity contribution in [3.8, 4) is 5.75 Å². The predicted octanol–water partition coefficient (Wildman–Crippen LogP) is 4.52. The summed E-state index contributed by atoms with van der Waals surface area (Å²) >= 11 is 0. The highest BCUT2D eigenvalue weighted by Gasteiger charge is 2.19. The molecule has 1 amide bonds. The number of carbonyl (C=O) groups excluding carboxylic acids is 1. The van der Waals surface area contributed by atoms with Crippen molar-refractivity contribution >= 4 is 5.91 Å². The van der Waals surface area contributed by atoms with Gasteiger partial charge in [-0.3, -0.25) is 4.79 Å². The van der Waals surface area contributed by atoms with Crippen molar-refractivity contribution in [3.63, 3.8) is 0 Å². The van der Waals surface area contributed by atoms with Crippen LogP contribution in [0.25, 0.3) is 0 Å². The Morgan fingerprint density at radius 1 is 1.04 bits per heavy atom. The van der Waals surface area contributed by atoms with Crippen LogP contribution in [0, 0.1) is 6.92 Å². The van der Waals surface area contributed by atoms with Gasteiger partial charge in [-0.15, -0.1) is 0 Å². The summed E-state index contributed by atoms with van der Waals surface area (Å²) in [5.41, 5.74) is 5.10. The van der Waals surface area contributed by atoms with Crippen LogP contribution in [-0.2, 0) is 17.6 Å². The average molecular weight is 337 g/mol. The quantitative estimate of drug-likeness (QED) is 0.871. The van der Waals surface area contributed by atoms with Crippen LogP contribution in [0.15, 0.2) is 42.5 Å². The van der Waals surface area contributed by atoms with Crippen LogP contribution in [0.4, 0.5) is 0 Å². The highest BCUT2D eigenvalue weighted by Crippen LogP contribution is 2.25. The number of nitrogens with one attached hydrogen (secondary N) is 1. The van der Waals surface area contributed by atoms with Crippen molar-refractivity contribution in [2.45, 2.75) is 58.6 Å². The lowest BCUT2D eigenvalue weighted by Crippen LogP contribution is -2.37. The minimum absolute atomic E-state index is 0.0253. The molecule has 0 spiro atoms. The molecule has 25 heavy (non-hydrogen) atoms. The van der Waals surface area contributed by atoms with Crippen LogP contribution < -0.4 is 10.1 Å². The van der Waals surface area contributed by atoms with Crippen LogP contribution in [0.2, 0.25) is 0 Å². The van der Waals surface area contributed by atoms with Crippen molar-refractivity contribution in [2.75, 3.05) is 0 Å². The van der Waals surface area contributed by atoms with Gasteiger partial charge < -0.3 is 10.1 Å². The third-order valence-corrected chi connectivity index (χ3v) is 5.00. The third-order valence-electron chi connectivity index (χ3n) is 5.00. The lowest BCUT2D eigenvalue weighted by Gasteiger charge is -2.22. The highest BCUT2D eigenvalue weighted by molar-refractivity contribution is 5.81. The van der Waals surface area contributed by atoms with Gasteiger partial charge in [-0.05, 0) is 74.8 Å². The lowest BCUT2D eigenvalue weighted by molar-refractivity contribution is -0.127. The predicted molar refractivity (Wildman–Crippen MR) is 101 cm³/mol. The van der Waals surface area contributed by atoms with E-state index in [1.807, 2.05) is 38.1 Å². The summed E-state index contributed by atoms with van der Waals surface area (Å²) in [5.74, 6) is 0.667. The van der Waals surface area contributed by atoms with Gasteiger partial charge >= 0.3 is 0 Å². The first kappa shape index (κ1) is 17.5. The van der Waals surface area contributed by atoms with Crippen molar-refractivity contribution in [3.05, 3.63) is 64.7 Å². The molecular formula is C22H27NO2. The van der Waals surface area contributed by atoms with E-state index >= 15 is 0 Å². The van der Waals surface area contributed by atoms with E-state index in [0.29, 0.717) is 0 Å². The molecule has 2 unspecified atom stereocenters. The minimum Gasteiger partial charge on any atom is -0.481 e. The molecule has 0 bridgehead atoms. The van der Waals surface area contributed by atoms with Crippen molar-refractivity contribution in [1.29, 1.82) is 0 Å². The van der Waals surface area contributed by atoms with Crippen LogP contribution >= 0.6 is 0 Å². The summed E-state index contributed by atoms with van der Waals surface area (Å²) in [7, 11) is 0. The monoisotopic (exact) mass is 337 g/mol. The molecule has 0 aromatic heterocycles. The Hall–Kier alpha value is -2.29. The van der Waals surface area contributed by atoms with Crippen molar-refractivity contribution in [2.24, 2.45) is 0 Å². The summed E-state index contributed by atoms with van der Waals surface area (Å²) in [5, 5.41) is 3.08. The molecular weight excluding hydrogens is 310 g/mol. The summed E-state index contributed by atoms with van der Waals surface area (Å²) in [6, 6.07) is 14.4. The molecule has 0 radical (unpaired) electrons. The molecule has 0 fully saturated rings. The van der Waals surface area contributed by atoms with Gasteiger partial charge in [0.15, 0.2) is 6.10 Å². The Morgan fingerprint density at radius 2 is 1.76 bits per heavy atom. The van der Waals surface area contributed by atoms with E-state index < -0.39 is 6.10 Å². The smallest absolute Gasteiger partial charge is 0.261 e. The van der Waals surface area contributed by atoms with E-state index in [1.165, 1.54) is 30.4 Å². The fourth-order valence-corrected chi connectivity index (χ4v) is 3.37. The zero-order chi connectivity index (χ0) is 17.8. The molecule has 2 atom stereocenters. The van der Waals surface area contributed by atoms with Crippen LogP contribution in [0.1, 0.15) is 55.0 Å². The molecule has 132 valence electrons. The molecule has 0 saturated heterocycles. The number of para-hydroxylation sites is 1. The number of aryl methyl sites for hydroxylation is 3. The Labute approximate surface area is 150 Å². The number of ether oxygens (including phenoxy) is 1. The second-order valence-electron chi connectivity index (χ2n) is 6.99. The largest absolute Gasteiger partial charge is 0.481 e. The maximum absolute atomic E-state index is 12.5. The van der Waals surface area contributed by atoms with Gasteiger partial charge in [0.25, 0.3) is 5.91 Å². The number of rotatable bonds is 5. The summed E-state index contributed by atoms with van der Waals surface area (Å²) in [6.07, 6.45) is 4.35. The van der Waals surface area contributed by atoms with E-state index in [1.54, 1.807) is 6.92 Å². The van der Waals surface area contributed by atoms with Gasteiger partial charge in [-0.1, -0.05) is 36.4 Å². The van der Waals surface area contributed by atoms with Gasteiger partial charge in [-0.25, -0.2) is 0 Å². The number of benzene rings is 2. The Morgan fingerprint density at radius 3 is 2.52 bits per heavy atom. The number of carbonyl (C=O) groups is 1. The van der Waals surface area contributed by atoms with Crippen LogP contribution in [-0.4, -0.2) is 12.0 Å². The van der Waals surface area contributed by atoms with Gasteiger partial charge in [0.05, 0.1) is 6.04 Å². The first-order valence-corrected chi connectivity index (χ1v) is 9.19. The van der Waals surface area contributed by atoms with Gasteiger partial charge in [0, 0.05) is 0 Å². The maximum atomic E-state index is 12.5. The Kier molecular flexibility index (Phi) is 5.42. The number of amides is 1. The molecule has 2 aromatic rings. The highest BCUT2D eigenvalue weighted by atomic mass is 16.5. The first-order valence-electron chi connectivity index (χ1n) is 9.19. The summed E-state index contributed by atoms with van der Waals surface area (Å²) in [6.45, 7) is 5.81. The molecule has 1 aliphatic rings. The lowest BCUT2D eigenvalue weighted by atomic mass is 9.89. The zero-order valence-electron chi connectivity index (χ0n) is 15.3. The minimum atomic E-state index is -0.527. The second-order valence-corrected chi connectivity index (χ2v) is 6.99. The molecule has 1 N–H and O–H groups in total. The maximum Gasteiger partial charge on any atom is 0.261 e. The van der Waals surface area contributed by atoms with E-state index in [0.717, 1.165) is 23.3 Å². The van der Waals surface area contributed by atoms with E-state index in [-0.39, 0.29) is 11.9 Å². The molecule has 2 aromatic carbocycles. The normalized spacial score (nSPS) is 15.8. The molecule has 1 aliphatic carbocycles. The van der Waals surface area contributed by atoms with E-state index in [4.69, 9.17) is 4.74 Å². The molecule has 0 saturated carbocycles. The number of fused-ring (bicyclic) bond motifs is 1. The SMILES string of the molecule is Cc1ccccc1OC(C)C(=O)NC(C)c1ccc2c(c1)CCCC2. The third kappa shape index (κ3) is 4.22. The second kappa shape index (κ2) is 7.73. The summed E-state index contributed by atoms with van der Waals surface area (Å²) in [4.78, 5) is 12.5. The fraction of sp³-hybridized carbons (Fsp3) is 0.409. The number of hydrogen-bond donors (Lipinski definition) is 1. The molecule has 3 heteroatoms. The topological polar surface area (TPSA) is 38.3 Å². The Bertz CT molecular complexity index is 753. The average Bonchev–Trinajstić information content (AvgIpc) is 2.63. The van der Waals surface area contributed by atoms with E-state index in [9.17, 15) is 4.79 Å². The van der Waals surface area contributed by atoms with Gasteiger partial charge in [0.1, 0.15) is 5.75 Å². The van der Waals surface area contributed by atoms with Gasteiger partial charge in [-0.2, -0.15) is 0 Å². The van der Waals surface area contributed by atoms with Crippen molar-refractivity contribution < 1.29 is 9.53 Å². The molecule has 3 rings (SSSR count). The molecule has 0 aliphatic heterocycles. The first-order chi connectivity index (χ1) is 12.0. The van der Waals surface area contributed by atoms with Crippen LogP contribution in [0.5, 0.6) is 5.75 Å².